The summed E-state index contributed by atoms with van der Waals surface area (Å²) in [5.41, 5.74) is 1.02. The number of nitrogens with zero attached hydrogens (tertiary/aromatic N) is 2. The number of methoxy groups -OCH3 is 1. The van der Waals surface area contributed by atoms with Crippen molar-refractivity contribution in [3.05, 3.63) is 30.1 Å². The average Bonchev–Trinajstić information content (AvgIpc) is 2.87. The van der Waals surface area contributed by atoms with Gasteiger partial charge in [-0.15, -0.1) is 0 Å². The van der Waals surface area contributed by atoms with Crippen molar-refractivity contribution >= 4 is 15.9 Å². The van der Waals surface area contributed by atoms with Crippen LogP contribution in [0.1, 0.15) is 18.4 Å². The minimum Gasteiger partial charge on any atom is -0.384 e. The molecule has 23 heavy (non-hydrogen) atoms. The van der Waals surface area contributed by atoms with Crippen molar-refractivity contribution in [3.63, 3.8) is 0 Å². The Morgan fingerprint density at radius 2 is 2.13 bits per heavy atom. The first kappa shape index (κ1) is 17.8. The van der Waals surface area contributed by atoms with E-state index in [0.29, 0.717) is 32.4 Å². The molecule has 0 spiro atoms. The zero-order valence-corrected chi connectivity index (χ0v) is 14.3. The van der Waals surface area contributed by atoms with Gasteiger partial charge in [0.05, 0.1) is 25.3 Å². The average molecular weight is 341 g/mol. The SMILES string of the molecule is COCCC(=O)N1CC[C@@H](NS(C)(=O)=O)C1Cc1ccncc1. The second kappa shape index (κ2) is 7.85. The number of rotatable bonds is 7. The van der Waals surface area contributed by atoms with Gasteiger partial charge in [-0.3, -0.25) is 9.78 Å². The van der Waals surface area contributed by atoms with Gasteiger partial charge in [-0.05, 0) is 30.5 Å². The number of nitrogens with one attached hydrogen (secondary N) is 1. The molecule has 1 aliphatic rings. The van der Waals surface area contributed by atoms with Crippen molar-refractivity contribution in [1.82, 2.24) is 14.6 Å². The summed E-state index contributed by atoms with van der Waals surface area (Å²) < 4.78 is 30.8. The lowest BCUT2D eigenvalue weighted by Crippen LogP contribution is -2.47. The molecule has 1 aromatic rings. The third-order valence-corrected chi connectivity index (χ3v) is 4.68. The molecule has 0 radical (unpaired) electrons. The minimum atomic E-state index is -3.32. The van der Waals surface area contributed by atoms with E-state index in [2.05, 4.69) is 9.71 Å². The van der Waals surface area contributed by atoms with Crippen molar-refractivity contribution in [1.29, 1.82) is 0 Å². The standard InChI is InChI=1S/C15H23N3O4S/c1-22-10-6-15(19)18-9-5-13(17-23(2,20)21)14(18)11-12-3-7-16-8-4-12/h3-4,7-8,13-14,17H,5-6,9-11H2,1-2H3/t13-,14?/m1/s1. The third kappa shape index (κ3) is 5.26. The summed E-state index contributed by atoms with van der Waals surface area (Å²) >= 11 is 0. The van der Waals surface area contributed by atoms with E-state index in [1.165, 1.54) is 0 Å². The number of hydrogen-bond donors (Lipinski definition) is 1. The molecule has 1 unspecified atom stereocenters. The second-order valence-electron chi connectivity index (χ2n) is 5.74. The van der Waals surface area contributed by atoms with Crippen molar-refractivity contribution in [2.75, 3.05) is 26.5 Å². The minimum absolute atomic E-state index is 0.0105. The molecule has 0 bridgehead atoms. The van der Waals surface area contributed by atoms with Gasteiger partial charge in [0, 0.05) is 32.1 Å². The molecule has 2 atom stereocenters. The lowest BCUT2D eigenvalue weighted by molar-refractivity contribution is -0.133. The molecule has 0 saturated carbocycles. The largest absolute Gasteiger partial charge is 0.384 e. The lowest BCUT2D eigenvalue weighted by Gasteiger charge is -2.28. The van der Waals surface area contributed by atoms with Crippen LogP contribution in [-0.2, 0) is 26.0 Å². The molecule has 1 fully saturated rings. The number of hydrogen-bond acceptors (Lipinski definition) is 5. The lowest BCUT2D eigenvalue weighted by atomic mass is 10.0. The van der Waals surface area contributed by atoms with Gasteiger partial charge in [-0.2, -0.15) is 0 Å². The number of carbonyl (C=O) groups excluding carboxylic acids is 1. The molecular weight excluding hydrogens is 318 g/mol. The molecule has 7 nitrogen and oxygen atoms in total. The summed E-state index contributed by atoms with van der Waals surface area (Å²) in [6.45, 7) is 0.910. The quantitative estimate of drug-likeness (QED) is 0.764. The van der Waals surface area contributed by atoms with E-state index in [4.69, 9.17) is 4.74 Å². The zero-order valence-electron chi connectivity index (χ0n) is 13.4. The van der Waals surface area contributed by atoms with Crippen LogP contribution < -0.4 is 4.72 Å². The van der Waals surface area contributed by atoms with Crippen LogP contribution in [-0.4, -0.2) is 62.8 Å². The van der Waals surface area contributed by atoms with Gasteiger partial charge in [0.15, 0.2) is 0 Å². The van der Waals surface area contributed by atoms with Gasteiger partial charge < -0.3 is 9.64 Å². The normalized spacial score (nSPS) is 21.6. The number of ether oxygens (including phenoxy) is 1. The van der Waals surface area contributed by atoms with Crippen LogP contribution in [0.15, 0.2) is 24.5 Å². The first-order valence-electron chi connectivity index (χ1n) is 7.55. The number of likely N-dealkylation sites (tertiary alicyclic amines) is 1. The molecule has 0 aromatic carbocycles. The Morgan fingerprint density at radius 1 is 1.43 bits per heavy atom. The molecule has 1 amide bonds. The van der Waals surface area contributed by atoms with Crippen molar-refractivity contribution in [3.8, 4) is 0 Å². The van der Waals surface area contributed by atoms with Crippen LogP contribution in [0.25, 0.3) is 0 Å². The molecule has 8 heteroatoms. The predicted octanol–water partition coefficient (Wildman–Crippen LogP) is 0.179. The van der Waals surface area contributed by atoms with Crippen LogP contribution in [0.3, 0.4) is 0 Å². The molecule has 1 aromatic heterocycles. The van der Waals surface area contributed by atoms with E-state index < -0.39 is 10.0 Å². The number of sulfonamides is 1. The van der Waals surface area contributed by atoms with Gasteiger partial charge in [0.2, 0.25) is 15.9 Å². The first-order chi connectivity index (χ1) is 10.9. The zero-order chi connectivity index (χ0) is 16.9. The molecule has 1 aliphatic heterocycles. The highest BCUT2D eigenvalue weighted by Crippen LogP contribution is 2.23. The fourth-order valence-corrected chi connectivity index (χ4v) is 3.75. The second-order valence-corrected chi connectivity index (χ2v) is 7.52. The summed E-state index contributed by atoms with van der Waals surface area (Å²) in [5.74, 6) is -0.0105. The van der Waals surface area contributed by atoms with Crippen LogP contribution >= 0.6 is 0 Å². The highest BCUT2D eigenvalue weighted by molar-refractivity contribution is 7.88. The summed E-state index contributed by atoms with van der Waals surface area (Å²) in [7, 11) is -1.77. The Labute approximate surface area is 137 Å². The van der Waals surface area contributed by atoms with Gasteiger partial charge in [0.1, 0.15) is 0 Å². The van der Waals surface area contributed by atoms with Gasteiger partial charge in [0.25, 0.3) is 0 Å². The number of aromatic nitrogens is 1. The topological polar surface area (TPSA) is 88.6 Å². The van der Waals surface area contributed by atoms with E-state index in [1.807, 2.05) is 12.1 Å². The molecule has 128 valence electrons. The van der Waals surface area contributed by atoms with E-state index in [-0.39, 0.29) is 18.0 Å². The Kier molecular flexibility index (Phi) is 6.09. The molecule has 2 rings (SSSR count). The van der Waals surface area contributed by atoms with Crippen molar-refractivity contribution < 1.29 is 17.9 Å². The van der Waals surface area contributed by atoms with Gasteiger partial charge >= 0.3 is 0 Å². The van der Waals surface area contributed by atoms with Crippen LogP contribution in [0.4, 0.5) is 0 Å². The monoisotopic (exact) mass is 341 g/mol. The summed E-state index contributed by atoms with van der Waals surface area (Å²) in [5, 5.41) is 0. The molecular formula is C15H23N3O4S. The molecule has 0 aliphatic carbocycles. The number of pyridine rings is 1. The first-order valence-corrected chi connectivity index (χ1v) is 9.44. The van der Waals surface area contributed by atoms with Crippen molar-refractivity contribution in [2.45, 2.75) is 31.3 Å². The van der Waals surface area contributed by atoms with Crippen LogP contribution in [0.5, 0.6) is 0 Å². The maximum Gasteiger partial charge on any atom is 0.225 e. The predicted molar refractivity (Wildman–Crippen MR) is 86.3 cm³/mol. The molecule has 2 heterocycles. The highest BCUT2D eigenvalue weighted by atomic mass is 32.2. The van der Waals surface area contributed by atoms with E-state index in [1.54, 1.807) is 24.4 Å². The van der Waals surface area contributed by atoms with Crippen LogP contribution in [0.2, 0.25) is 0 Å². The molecule has 1 saturated heterocycles. The number of carbonyl (C=O) groups is 1. The fourth-order valence-electron chi connectivity index (χ4n) is 2.92. The van der Waals surface area contributed by atoms with Crippen LogP contribution in [0, 0.1) is 0 Å². The molecule has 1 N–H and O–H groups in total. The highest BCUT2D eigenvalue weighted by Gasteiger charge is 2.37. The summed E-state index contributed by atoms with van der Waals surface area (Å²) in [4.78, 5) is 18.1. The Bertz CT molecular complexity index is 621. The van der Waals surface area contributed by atoms with E-state index in [0.717, 1.165) is 11.8 Å². The van der Waals surface area contributed by atoms with E-state index >= 15 is 0 Å². The maximum atomic E-state index is 12.4. The fraction of sp³-hybridized carbons (Fsp3) is 0.600. The number of amides is 1. The Hall–Kier alpha value is -1.51. The third-order valence-electron chi connectivity index (χ3n) is 3.95. The van der Waals surface area contributed by atoms with Gasteiger partial charge in [-0.1, -0.05) is 0 Å². The Morgan fingerprint density at radius 3 is 2.74 bits per heavy atom. The summed E-state index contributed by atoms with van der Waals surface area (Å²) in [6.07, 6.45) is 6.04. The Balaban J connectivity index is 2.16. The van der Waals surface area contributed by atoms with E-state index in [9.17, 15) is 13.2 Å². The van der Waals surface area contributed by atoms with Crippen molar-refractivity contribution in [2.24, 2.45) is 0 Å². The smallest absolute Gasteiger partial charge is 0.225 e. The summed E-state index contributed by atoms with van der Waals surface area (Å²) in [6, 6.07) is 3.29. The maximum absolute atomic E-state index is 12.4. The van der Waals surface area contributed by atoms with Gasteiger partial charge in [-0.25, -0.2) is 13.1 Å².